The molecule has 8 nitrogen and oxygen atoms in total. The molecule has 0 radical (unpaired) electrons. The summed E-state index contributed by atoms with van der Waals surface area (Å²) in [4.78, 5) is 23.6. The first-order valence-corrected chi connectivity index (χ1v) is 7.02. The number of carbonyl (C=O) groups is 1. The Kier molecular flexibility index (Phi) is 4.79. The van der Waals surface area contributed by atoms with E-state index in [9.17, 15) is 4.79 Å². The van der Waals surface area contributed by atoms with Crippen LogP contribution in [0.5, 0.6) is 0 Å². The highest BCUT2D eigenvalue weighted by Gasteiger charge is 2.20. The summed E-state index contributed by atoms with van der Waals surface area (Å²) in [7, 11) is 1.45. The molecule has 1 fully saturated rings. The Morgan fingerprint density at radius 1 is 1.38 bits per heavy atom. The van der Waals surface area contributed by atoms with Crippen molar-refractivity contribution < 1.29 is 4.79 Å². The van der Waals surface area contributed by atoms with Crippen LogP contribution in [0.15, 0.2) is 4.99 Å². The van der Waals surface area contributed by atoms with Gasteiger partial charge < -0.3 is 16.8 Å². The minimum absolute atomic E-state index is 0.0127. The Morgan fingerprint density at radius 2 is 2.05 bits per heavy atom. The van der Waals surface area contributed by atoms with Crippen molar-refractivity contribution in [3.63, 3.8) is 0 Å². The molecule has 0 saturated heterocycles. The number of rotatable bonds is 3. The minimum atomic E-state index is -0.600. The molecule has 1 aliphatic rings. The average molecular weight is 312 g/mol. The maximum absolute atomic E-state index is 11.9. The molecule has 0 unspecified atom stereocenters. The third kappa shape index (κ3) is 3.72. The maximum atomic E-state index is 11.9. The van der Waals surface area contributed by atoms with Crippen LogP contribution in [0.3, 0.4) is 0 Å². The van der Waals surface area contributed by atoms with E-state index < -0.39 is 5.91 Å². The minimum Gasteiger partial charge on any atom is -0.382 e. The zero-order valence-electron chi connectivity index (χ0n) is 11.7. The third-order valence-corrected chi connectivity index (χ3v) is 3.54. The third-order valence-electron chi connectivity index (χ3n) is 3.27. The molecule has 9 heteroatoms. The molecule has 114 valence electrons. The van der Waals surface area contributed by atoms with Gasteiger partial charge in [0, 0.05) is 13.1 Å². The number of halogens is 1. The van der Waals surface area contributed by atoms with Gasteiger partial charge in [0.25, 0.3) is 5.91 Å². The highest BCUT2D eigenvalue weighted by Crippen LogP contribution is 2.26. The predicted molar refractivity (Wildman–Crippen MR) is 82.3 cm³/mol. The number of aromatic nitrogens is 2. The predicted octanol–water partition coefficient (Wildman–Crippen LogP) is 0.741. The molecule has 21 heavy (non-hydrogen) atoms. The van der Waals surface area contributed by atoms with E-state index in [1.54, 1.807) is 0 Å². The summed E-state index contributed by atoms with van der Waals surface area (Å²) in [5, 5.41) is 5.64. The van der Waals surface area contributed by atoms with E-state index in [1.807, 2.05) is 0 Å². The molecule has 1 aromatic heterocycles. The second-order valence-corrected chi connectivity index (χ2v) is 5.14. The lowest BCUT2D eigenvalue weighted by Gasteiger charge is -2.14. The second kappa shape index (κ2) is 6.57. The molecule has 1 aromatic rings. The van der Waals surface area contributed by atoms with Gasteiger partial charge in [-0.05, 0) is 12.8 Å². The normalized spacial score (nSPS) is 16.0. The van der Waals surface area contributed by atoms with E-state index in [1.165, 1.54) is 19.9 Å². The average Bonchev–Trinajstić information content (AvgIpc) is 2.95. The van der Waals surface area contributed by atoms with Crippen LogP contribution < -0.4 is 22.1 Å². The van der Waals surface area contributed by atoms with Crippen molar-refractivity contribution in [3.8, 4) is 0 Å². The number of guanidine groups is 1. The van der Waals surface area contributed by atoms with Gasteiger partial charge in [-0.2, -0.15) is 0 Å². The van der Waals surface area contributed by atoms with Crippen LogP contribution in [0.2, 0.25) is 5.15 Å². The molecule has 2 rings (SSSR count). The van der Waals surface area contributed by atoms with Crippen molar-refractivity contribution in [2.24, 2.45) is 10.7 Å². The number of nitrogens with zero attached hydrogens (tertiary/aromatic N) is 3. The number of nitrogen functional groups attached to an aromatic ring is 1. The number of carbonyl (C=O) groups excluding carboxylic acids is 1. The molecule has 1 aliphatic carbocycles. The van der Waals surface area contributed by atoms with Crippen LogP contribution >= 0.6 is 11.6 Å². The number of aliphatic imine (C=N–C) groups is 1. The first kappa shape index (κ1) is 15.3. The topological polar surface area (TPSA) is 131 Å². The van der Waals surface area contributed by atoms with Crippen molar-refractivity contribution in [1.29, 1.82) is 0 Å². The first-order valence-electron chi connectivity index (χ1n) is 6.64. The zero-order chi connectivity index (χ0) is 15.4. The summed E-state index contributed by atoms with van der Waals surface area (Å²) in [6.45, 7) is 0. The van der Waals surface area contributed by atoms with Gasteiger partial charge in [0.05, 0.1) is 0 Å². The fraction of sp³-hybridized carbons (Fsp3) is 0.500. The fourth-order valence-electron chi connectivity index (χ4n) is 2.18. The number of amides is 1. The molecule has 1 amide bonds. The van der Waals surface area contributed by atoms with E-state index in [-0.39, 0.29) is 22.6 Å². The van der Waals surface area contributed by atoms with E-state index >= 15 is 0 Å². The Balaban J connectivity index is 2.17. The van der Waals surface area contributed by atoms with Gasteiger partial charge >= 0.3 is 0 Å². The molecule has 1 heterocycles. The zero-order valence-corrected chi connectivity index (χ0v) is 12.4. The number of anilines is 2. The molecular formula is C12H18ClN7O. The lowest BCUT2D eigenvalue weighted by molar-refractivity contribution is 0.0972. The smallest absolute Gasteiger partial charge is 0.280 e. The SMILES string of the molecule is CN=C(N)NC(=O)c1nc(Cl)c(NC2CCCC2)nc1N. The van der Waals surface area contributed by atoms with Crippen LogP contribution in [0.25, 0.3) is 0 Å². The second-order valence-electron chi connectivity index (χ2n) is 4.79. The van der Waals surface area contributed by atoms with E-state index in [0.29, 0.717) is 11.9 Å². The van der Waals surface area contributed by atoms with Crippen LogP contribution in [-0.4, -0.2) is 34.9 Å². The van der Waals surface area contributed by atoms with E-state index in [0.717, 1.165) is 12.8 Å². The monoisotopic (exact) mass is 311 g/mol. The molecule has 1 saturated carbocycles. The summed E-state index contributed by atoms with van der Waals surface area (Å²) in [6.07, 6.45) is 4.47. The summed E-state index contributed by atoms with van der Waals surface area (Å²) < 4.78 is 0. The summed E-state index contributed by atoms with van der Waals surface area (Å²) in [5.74, 6) is -0.251. The van der Waals surface area contributed by atoms with E-state index in [4.69, 9.17) is 23.1 Å². The Hall–Kier alpha value is -2.09. The van der Waals surface area contributed by atoms with Gasteiger partial charge in [-0.15, -0.1) is 0 Å². The summed E-state index contributed by atoms with van der Waals surface area (Å²) in [5.41, 5.74) is 11.1. The molecular weight excluding hydrogens is 294 g/mol. The quantitative estimate of drug-likeness (QED) is 0.481. The van der Waals surface area contributed by atoms with Crippen LogP contribution in [-0.2, 0) is 0 Å². The summed E-state index contributed by atoms with van der Waals surface area (Å²) in [6, 6.07) is 0.318. The van der Waals surface area contributed by atoms with Crippen molar-refractivity contribution in [2.45, 2.75) is 31.7 Å². The molecule has 0 aromatic carbocycles. The van der Waals surface area contributed by atoms with Crippen LogP contribution in [0.1, 0.15) is 36.2 Å². The van der Waals surface area contributed by atoms with E-state index in [2.05, 4.69) is 25.6 Å². The molecule has 0 atom stereocenters. The van der Waals surface area contributed by atoms with Gasteiger partial charge in [-0.25, -0.2) is 9.97 Å². The first-order chi connectivity index (χ1) is 10.0. The van der Waals surface area contributed by atoms with Gasteiger partial charge in [0.2, 0.25) is 0 Å². The molecule has 0 aliphatic heterocycles. The van der Waals surface area contributed by atoms with Crippen molar-refractivity contribution in [2.75, 3.05) is 18.1 Å². The highest BCUT2D eigenvalue weighted by molar-refractivity contribution is 6.32. The van der Waals surface area contributed by atoms with Crippen LogP contribution in [0, 0.1) is 0 Å². The molecule has 0 bridgehead atoms. The Morgan fingerprint density at radius 3 is 2.67 bits per heavy atom. The van der Waals surface area contributed by atoms with Crippen molar-refractivity contribution in [3.05, 3.63) is 10.8 Å². The number of nitrogens with two attached hydrogens (primary N) is 2. The molecule has 6 N–H and O–H groups in total. The largest absolute Gasteiger partial charge is 0.382 e. The Bertz CT molecular complexity index is 569. The number of nitrogens with one attached hydrogen (secondary N) is 2. The lowest BCUT2D eigenvalue weighted by atomic mass is 10.2. The van der Waals surface area contributed by atoms with Crippen LogP contribution in [0.4, 0.5) is 11.6 Å². The standard InChI is InChI=1S/C12H18ClN7O/c1-16-12(15)20-11(21)7-9(14)19-10(8(13)18-7)17-6-4-2-3-5-6/h6H,2-5H2,1H3,(H3,14,17,19)(H3,15,16,20,21). The molecule has 0 spiro atoms. The number of hydrogen-bond acceptors (Lipinski definition) is 6. The van der Waals surface area contributed by atoms with Crippen molar-refractivity contribution in [1.82, 2.24) is 15.3 Å². The van der Waals surface area contributed by atoms with Crippen molar-refractivity contribution >= 4 is 35.1 Å². The lowest BCUT2D eigenvalue weighted by Crippen LogP contribution is -2.37. The maximum Gasteiger partial charge on any atom is 0.280 e. The Labute approximate surface area is 127 Å². The van der Waals surface area contributed by atoms with Gasteiger partial charge in [0.1, 0.15) is 0 Å². The number of hydrogen-bond donors (Lipinski definition) is 4. The van der Waals surface area contributed by atoms with Gasteiger partial charge in [0.15, 0.2) is 28.4 Å². The van der Waals surface area contributed by atoms with Gasteiger partial charge in [-0.3, -0.25) is 15.1 Å². The summed E-state index contributed by atoms with van der Waals surface area (Å²) >= 11 is 6.06. The highest BCUT2D eigenvalue weighted by atomic mass is 35.5. The fourth-order valence-corrected chi connectivity index (χ4v) is 2.36. The van der Waals surface area contributed by atoms with Gasteiger partial charge in [-0.1, -0.05) is 24.4 Å².